The van der Waals surface area contributed by atoms with Crippen molar-refractivity contribution in [1.82, 2.24) is 10.1 Å². The topological polar surface area (TPSA) is 74.2 Å². The van der Waals surface area contributed by atoms with Crippen molar-refractivity contribution in [2.45, 2.75) is 31.4 Å². The molecule has 1 fully saturated rings. The van der Waals surface area contributed by atoms with Crippen molar-refractivity contribution < 1.29 is 9.26 Å². The van der Waals surface area contributed by atoms with Gasteiger partial charge in [0.2, 0.25) is 0 Å². The second-order valence-electron chi connectivity index (χ2n) is 5.82. The fraction of sp³-hybridized carbons (Fsp3) is 0.294. The van der Waals surface area contributed by atoms with Crippen LogP contribution in [0.4, 0.5) is 0 Å². The van der Waals surface area contributed by atoms with Crippen molar-refractivity contribution in [1.29, 1.82) is 0 Å². The molecule has 112 valence electrons. The standard InChI is InChI=1S/C17H17N3O2/c18-17(8-3-9-17)16-19-15(22-20-16)11-21-14-7-6-12-4-1-2-5-13(12)10-14/h1-2,4-7,10H,3,8-9,11,18H2. The number of hydrogen-bond donors (Lipinski definition) is 1. The van der Waals surface area contributed by atoms with Gasteiger partial charge >= 0.3 is 0 Å². The van der Waals surface area contributed by atoms with E-state index in [4.69, 9.17) is 15.0 Å². The number of nitrogens with two attached hydrogens (primary N) is 1. The molecule has 3 aromatic rings. The first-order valence-electron chi connectivity index (χ1n) is 7.47. The van der Waals surface area contributed by atoms with Crippen molar-refractivity contribution in [2.75, 3.05) is 0 Å². The Hall–Kier alpha value is -2.40. The normalized spacial score (nSPS) is 16.4. The molecule has 1 heterocycles. The van der Waals surface area contributed by atoms with Crippen LogP contribution in [0.5, 0.6) is 5.75 Å². The predicted octanol–water partition coefficient (Wildman–Crippen LogP) is 3.14. The van der Waals surface area contributed by atoms with Crippen molar-refractivity contribution in [3.05, 3.63) is 54.2 Å². The molecular formula is C17H17N3O2. The summed E-state index contributed by atoms with van der Waals surface area (Å²) in [7, 11) is 0. The van der Waals surface area contributed by atoms with Crippen LogP contribution in [0.25, 0.3) is 10.8 Å². The average Bonchev–Trinajstić information content (AvgIpc) is 3.00. The fourth-order valence-corrected chi connectivity index (χ4v) is 2.70. The lowest BCUT2D eigenvalue weighted by molar-refractivity contribution is 0.223. The molecule has 0 aliphatic heterocycles. The summed E-state index contributed by atoms with van der Waals surface area (Å²) in [6.07, 6.45) is 2.95. The summed E-state index contributed by atoms with van der Waals surface area (Å²) in [5.74, 6) is 1.83. The molecule has 22 heavy (non-hydrogen) atoms. The molecule has 5 nitrogen and oxygen atoms in total. The minimum absolute atomic E-state index is 0.251. The first-order chi connectivity index (χ1) is 10.7. The number of nitrogens with zero attached hydrogens (tertiary/aromatic N) is 2. The zero-order valence-corrected chi connectivity index (χ0v) is 12.2. The third-order valence-corrected chi connectivity index (χ3v) is 4.24. The van der Waals surface area contributed by atoms with E-state index in [1.54, 1.807) is 0 Å². The van der Waals surface area contributed by atoms with Crippen molar-refractivity contribution in [3.63, 3.8) is 0 Å². The molecule has 2 N–H and O–H groups in total. The van der Waals surface area contributed by atoms with Crippen LogP contribution >= 0.6 is 0 Å². The van der Waals surface area contributed by atoms with Crippen LogP contribution in [0.1, 0.15) is 31.0 Å². The average molecular weight is 295 g/mol. The van der Waals surface area contributed by atoms with E-state index in [0.29, 0.717) is 11.7 Å². The Morgan fingerprint density at radius 3 is 2.73 bits per heavy atom. The number of fused-ring (bicyclic) bond motifs is 1. The van der Waals surface area contributed by atoms with Crippen LogP contribution in [-0.2, 0) is 12.1 Å². The van der Waals surface area contributed by atoms with Gasteiger partial charge in [0.25, 0.3) is 5.89 Å². The highest BCUT2D eigenvalue weighted by Gasteiger charge is 2.38. The van der Waals surface area contributed by atoms with E-state index in [0.717, 1.165) is 30.4 Å². The first-order valence-corrected chi connectivity index (χ1v) is 7.47. The number of hydrogen-bond acceptors (Lipinski definition) is 5. The number of aromatic nitrogens is 2. The molecule has 0 amide bonds. The van der Waals surface area contributed by atoms with Gasteiger partial charge in [-0.2, -0.15) is 4.98 Å². The highest BCUT2D eigenvalue weighted by atomic mass is 16.5. The zero-order chi connectivity index (χ0) is 15.0. The van der Waals surface area contributed by atoms with Crippen LogP contribution in [0.15, 0.2) is 47.0 Å². The highest BCUT2D eigenvalue weighted by molar-refractivity contribution is 5.83. The van der Waals surface area contributed by atoms with E-state index in [2.05, 4.69) is 22.3 Å². The summed E-state index contributed by atoms with van der Waals surface area (Å²) in [6, 6.07) is 14.1. The second kappa shape index (κ2) is 5.10. The minimum Gasteiger partial charge on any atom is -0.484 e. The largest absolute Gasteiger partial charge is 0.484 e. The van der Waals surface area contributed by atoms with Crippen LogP contribution in [0.2, 0.25) is 0 Å². The van der Waals surface area contributed by atoms with Gasteiger partial charge in [-0.15, -0.1) is 0 Å². The monoisotopic (exact) mass is 295 g/mol. The third-order valence-electron chi connectivity index (χ3n) is 4.24. The quantitative estimate of drug-likeness (QED) is 0.800. The lowest BCUT2D eigenvalue weighted by atomic mass is 9.77. The van der Waals surface area contributed by atoms with E-state index >= 15 is 0 Å². The Morgan fingerprint density at radius 1 is 1.14 bits per heavy atom. The van der Waals surface area contributed by atoms with Crippen molar-refractivity contribution in [3.8, 4) is 5.75 Å². The molecule has 0 saturated heterocycles. The van der Waals surface area contributed by atoms with E-state index < -0.39 is 5.54 Å². The smallest absolute Gasteiger partial charge is 0.264 e. The molecule has 0 bridgehead atoms. The predicted molar refractivity (Wildman–Crippen MR) is 82.3 cm³/mol. The van der Waals surface area contributed by atoms with Gasteiger partial charge < -0.3 is 15.0 Å². The SMILES string of the molecule is NC1(c2noc(COc3ccc4ccccc4c3)n2)CCC1. The van der Waals surface area contributed by atoms with Gasteiger partial charge in [0.1, 0.15) is 5.75 Å². The van der Waals surface area contributed by atoms with Gasteiger partial charge in [0, 0.05) is 0 Å². The Balaban J connectivity index is 1.47. The lowest BCUT2D eigenvalue weighted by Gasteiger charge is -2.34. The third kappa shape index (κ3) is 2.33. The summed E-state index contributed by atoms with van der Waals surface area (Å²) in [4.78, 5) is 4.35. The summed E-state index contributed by atoms with van der Waals surface area (Å²) in [5.41, 5.74) is 5.78. The Morgan fingerprint density at radius 2 is 1.95 bits per heavy atom. The number of rotatable bonds is 4. The second-order valence-corrected chi connectivity index (χ2v) is 5.82. The maximum absolute atomic E-state index is 6.18. The van der Waals surface area contributed by atoms with Crippen LogP contribution < -0.4 is 10.5 Å². The van der Waals surface area contributed by atoms with Crippen LogP contribution in [0, 0.1) is 0 Å². The summed E-state index contributed by atoms with van der Waals surface area (Å²) < 4.78 is 11.0. The maximum Gasteiger partial charge on any atom is 0.264 e. The van der Waals surface area contributed by atoms with Gasteiger partial charge in [0.15, 0.2) is 12.4 Å². The number of ether oxygens (including phenoxy) is 1. The molecule has 2 aromatic carbocycles. The van der Waals surface area contributed by atoms with Gasteiger partial charge in [-0.3, -0.25) is 0 Å². The van der Waals surface area contributed by atoms with Gasteiger partial charge in [0.05, 0.1) is 5.54 Å². The molecule has 1 saturated carbocycles. The molecule has 0 radical (unpaired) electrons. The van der Waals surface area contributed by atoms with E-state index in [1.807, 2.05) is 30.3 Å². The molecule has 5 heteroatoms. The van der Waals surface area contributed by atoms with E-state index in [1.165, 1.54) is 5.39 Å². The summed E-state index contributed by atoms with van der Waals surface area (Å²) >= 11 is 0. The Labute approximate surface area is 128 Å². The maximum atomic E-state index is 6.18. The van der Waals surface area contributed by atoms with Gasteiger partial charge in [-0.05, 0) is 42.2 Å². The molecule has 0 atom stereocenters. The summed E-state index contributed by atoms with van der Waals surface area (Å²) in [6.45, 7) is 0.251. The van der Waals surface area contributed by atoms with Crippen LogP contribution in [-0.4, -0.2) is 10.1 Å². The van der Waals surface area contributed by atoms with E-state index in [9.17, 15) is 0 Å². The van der Waals surface area contributed by atoms with E-state index in [-0.39, 0.29) is 6.61 Å². The first kappa shape index (κ1) is 13.3. The van der Waals surface area contributed by atoms with Crippen molar-refractivity contribution >= 4 is 10.8 Å². The summed E-state index contributed by atoms with van der Waals surface area (Å²) in [5, 5.41) is 6.31. The van der Waals surface area contributed by atoms with Gasteiger partial charge in [-0.25, -0.2) is 0 Å². The molecule has 1 aromatic heterocycles. The molecular weight excluding hydrogens is 278 g/mol. The van der Waals surface area contributed by atoms with Crippen molar-refractivity contribution in [2.24, 2.45) is 5.73 Å². The molecule has 1 aliphatic rings. The Bertz CT molecular complexity index is 808. The Kier molecular flexibility index (Phi) is 3.08. The number of benzene rings is 2. The molecule has 4 rings (SSSR count). The van der Waals surface area contributed by atoms with Gasteiger partial charge in [-0.1, -0.05) is 35.5 Å². The lowest BCUT2D eigenvalue weighted by Crippen LogP contribution is -2.44. The molecule has 1 aliphatic carbocycles. The van der Waals surface area contributed by atoms with Crippen LogP contribution in [0.3, 0.4) is 0 Å². The minimum atomic E-state index is -0.398. The molecule has 0 spiro atoms. The fourth-order valence-electron chi connectivity index (χ4n) is 2.70. The molecule has 0 unspecified atom stereocenters. The highest BCUT2D eigenvalue weighted by Crippen LogP contribution is 2.36. The zero-order valence-electron chi connectivity index (χ0n) is 12.2.